The summed E-state index contributed by atoms with van der Waals surface area (Å²) in [5.41, 5.74) is 4.72. The second kappa shape index (κ2) is 5.69. The van der Waals surface area contributed by atoms with Crippen LogP contribution in [0.5, 0.6) is 0 Å². The third kappa shape index (κ3) is 2.83. The number of rotatable bonds is 4. The van der Waals surface area contributed by atoms with E-state index in [4.69, 9.17) is 16.7 Å². The number of hydrogen-bond acceptors (Lipinski definition) is 4. The van der Waals surface area contributed by atoms with Crippen molar-refractivity contribution in [2.45, 2.75) is 20.1 Å². The highest BCUT2D eigenvalue weighted by Crippen LogP contribution is 2.25. The topological polar surface area (TPSA) is 36.4 Å². The van der Waals surface area contributed by atoms with Crippen LogP contribution in [0.15, 0.2) is 23.7 Å². The fourth-order valence-corrected chi connectivity index (χ4v) is 2.75. The molecule has 1 heterocycles. The minimum Gasteiger partial charge on any atom is -0.392 e. The summed E-state index contributed by atoms with van der Waals surface area (Å²) >= 11 is 7.75. The number of benzene rings is 1. The largest absolute Gasteiger partial charge is 0.392 e. The molecule has 1 aromatic carbocycles. The van der Waals surface area contributed by atoms with E-state index in [0.29, 0.717) is 5.02 Å². The third-order valence-corrected chi connectivity index (χ3v) is 4.15. The van der Waals surface area contributed by atoms with Crippen molar-refractivity contribution in [3.63, 3.8) is 0 Å². The van der Waals surface area contributed by atoms with Crippen LogP contribution < -0.4 is 4.90 Å². The Hall–Kier alpha value is -1.10. The molecule has 1 aromatic heterocycles. The molecule has 0 fully saturated rings. The van der Waals surface area contributed by atoms with Gasteiger partial charge in [-0.15, -0.1) is 11.3 Å². The lowest BCUT2D eigenvalue weighted by Gasteiger charge is -2.19. The second-order valence-corrected chi connectivity index (χ2v) is 5.50. The van der Waals surface area contributed by atoms with Gasteiger partial charge in [0.1, 0.15) is 0 Å². The molecule has 5 heteroatoms. The number of aromatic nitrogens is 1. The quantitative estimate of drug-likeness (QED) is 0.935. The van der Waals surface area contributed by atoms with E-state index in [1.54, 1.807) is 11.3 Å². The van der Waals surface area contributed by atoms with E-state index < -0.39 is 0 Å². The van der Waals surface area contributed by atoms with Crippen LogP contribution in [0.2, 0.25) is 5.02 Å². The molecule has 0 aliphatic rings. The first-order valence-electron chi connectivity index (χ1n) is 5.61. The lowest BCUT2D eigenvalue weighted by Crippen LogP contribution is -2.16. The van der Waals surface area contributed by atoms with Gasteiger partial charge in [0.25, 0.3) is 0 Å². The van der Waals surface area contributed by atoms with Crippen molar-refractivity contribution >= 4 is 28.6 Å². The number of nitrogens with zero attached hydrogens (tertiary/aromatic N) is 2. The van der Waals surface area contributed by atoms with Gasteiger partial charge in [0, 0.05) is 22.6 Å². The Balaban J connectivity index is 2.16. The number of halogens is 1. The molecule has 1 N–H and O–H groups in total. The molecule has 3 nitrogen and oxygen atoms in total. The molecule has 2 rings (SSSR count). The average Bonchev–Trinajstić information content (AvgIpc) is 2.75. The van der Waals surface area contributed by atoms with Crippen molar-refractivity contribution in [3.8, 4) is 0 Å². The molecule has 0 aliphatic carbocycles. The SMILES string of the molecule is Cc1ncsc1CN(C)c1ccc(CO)c(Cl)c1. The Morgan fingerprint density at radius 3 is 2.78 bits per heavy atom. The van der Waals surface area contributed by atoms with Gasteiger partial charge in [-0.1, -0.05) is 17.7 Å². The summed E-state index contributed by atoms with van der Waals surface area (Å²) in [6.07, 6.45) is 0. The van der Waals surface area contributed by atoms with Crippen LogP contribution in [0.3, 0.4) is 0 Å². The monoisotopic (exact) mass is 282 g/mol. The van der Waals surface area contributed by atoms with E-state index >= 15 is 0 Å². The van der Waals surface area contributed by atoms with Crippen LogP contribution in [0, 0.1) is 6.92 Å². The summed E-state index contributed by atoms with van der Waals surface area (Å²) in [4.78, 5) is 7.61. The van der Waals surface area contributed by atoms with Gasteiger partial charge in [0.05, 0.1) is 24.4 Å². The zero-order chi connectivity index (χ0) is 13.1. The van der Waals surface area contributed by atoms with Crippen molar-refractivity contribution in [1.29, 1.82) is 0 Å². The standard InChI is InChI=1S/C13H15ClN2OS/c1-9-13(18-8-15-9)6-16(2)11-4-3-10(7-17)12(14)5-11/h3-5,8,17H,6-7H2,1-2H3. The van der Waals surface area contributed by atoms with Gasteiger partial charge in [-0.25, -0.2) is 4.98 Å². The molecule has 0 radical (unpaired) electrons. The Kier molecular flexibility index (Phi) is 4.22. The molecule has 0 bridgehead atoms. The molecular weight excluding hydrogens is 268 g/mol. The lowest BCUT2D eigenvalue weighted by atomic mass is 10.2. The summed E-state index contributed by atoms with van der Waals surface area (Å²) in [5.74, 6) is 0. The highest BCUT2D eigenvalue weighted by Gasteiger charge is 2.08. The van der Waals surface area contributed by atoms with E-state index in [1.807, 2.05) is 37.7 Å². The van der Waals surface area contributed by atoms with Crippen LogP contribution in [-0.2, 0) is 13.2 Å². The molecule has 18 heavy (non-hydrogen) atoms. The molecule has 0 atom stereocenters. The van der Waals surface area contributed by atoms with Gasteiger partial charge in [-0.2, -0.15) is 0 Å². The summed E-state index contributed by atoms with van der Waals surface area (Å²) in [5, 5.41) is 9.69. The van der Waals surface area contributed by atoms with Gasteiger partial charge >= 0.3 is 0 Å². The Morgan fingerprint density at radius 2 is 2.22 bits per heavy atom. The molecule has 0 unspecified atom stereocenters. The van der Waals surface area contributed by atoms with Crippen molar-refractivity contribution in [1.82, 2.24) is 4.98 Å². The second-order valence-electron chi connectivity index (χ2n) is 4.15. The molecule has 0 amide bonds. The molecule has 0 aliphatic heterocycles. The minimum atomic E-state index is -0.0310. The zero-order valence-corrected chi connectivity index (χ0v) is 11.9. The number of hydrogen-bond donors (Lipinski definition) is 1. The van der Waals surface area contributed by atoms with Gasteiger partial charge < -0.3 is 10.0 Å². The van der Waals surface area contributed by atoms with Crippen LogP contribution in [0.25, 0.3) is 0 Å². The maximum atomic E-state index is 9.09. The zero-order valence-electron chi connectivity index (χ0n) is 10.4. The predicted octanol–water partition coefficient (Wildman–Crippen LogP) is 3.23. The van der Waals surface area contributed by atoms with Crippen molar-refractivity contribution in [3.05, 3.63) is 44.9 Å². The number of aliphatic hydroxyl groups is 1. The molecule has 96 valence electrons. The van der Waals surface area contributed by atoms with Gasteiger partial charge in [-0.3, -0.25) is 0 Å². The summed E-state index contributed by atoms with van der Waals surface area (Å²) < 4.78 is 0. The first kappa shape index (κ1) is 13.3. The molecule has 0 saturated heterocycles. The number of aliphatic hydroxyl groups excluding tert-OH is 1. The minimum absolute atomic E-state index is 0.0310. The fraction of sp³-hybridized carbons (Fsp3) is 0.308. The highest BCUT2D eigenvalue weighted by molar-refractivity contribution is 7.09. The first-order chi connectivity index (χ1) is 8.61. The fourth-order valence-electron chi connectivity index (χ4n) is 1.69. The van der Waals surface area contributed by atoms with Crippen molar-refractivity contribution in [2.75, 3.05) is 11.9 Å². The molecular formula is C13H15ClN2OS. The first-order valence-corrected chi connectivity index (χ1v) is 6.87. The molecule has 0 saturated carbocycles. The van der Waals surface area contributed by atoms with Gasteiger partial charge in [0.15, 0.2) is 0 Å². The predicted molar refractivity (Wildman–Crippen MR) is 76.3 cm³/mol. The van der Waals surface area contributed by atoms with Crippen LogP contribution >= 0.6 is 22.9 Å². The van der Waals surface area contributed by atoms with Crippen LogP contribution in [-0.4, -0.2) is 17.1 Å². The van der Waals surface area contributed by atoms with Gasteiger partial charge in [0.2, 0.25) is 0 Å². The van der Waals surface area contributed by atoms with Gasteiger partial charge in [-0.05, 0) is 24.6 Å². The number of aryl methyl sites for hydroxylation is 1. The van der Waals surface area contributed by atoms with E-state index in [9.17, 15) is 0 Å². The lowest BCUT2D eigenvalue weighted by molar-refractivity contribution is 0.282. The van der Waals surface area contributed by atoms with Crippen molar-refractivity contribution < 1.29 is 5.11 Å². The summed E-state index contributed by atoms with van der Waals surface area (Å²) in [7, 11) is 2.02. The number of thiazole rings is 1. The van der Waals surface area contributed by atoms with E-state index in [2.05, 4.69) is 9.88 Å². The van der Waals surface area contributed by atoms with E-state index in [-0.39, 0.29) is 6.61 Å². The summed E-state index contributed by atoms with van der Waals surface area (Å²) in [6.45, 7) is 2.80. The third-order valence-electron chi connectivity index (χ3n) is 2.87. The van der Waals surface area contributed by atoms with Crippen LogP contribution in [0.1, 0.15) is 16.1 Å². The molecule has 2 aromatic rings. The normalized spacial score (nSPS) is 10.7. The summed E-state index contributed by atoms with van der Waals surface area (Å²) in [6, 6.07) is 5.70. The van der Waals surface area contributed by atoms with Crippen molar-refractivity contribution in [2.24, 2.45) is 0 Å². The highest BCUT2D eigenvalue weighted by atomic mass is 35.5. The maximum Gasteiger partial charge on any atom is 0.0798 e. The average molecular weight is 283 g/mol. The Bertz CT molecular complexity index is 542. The van der Waals surface area contributed by atoms with Crippen LogP contribution in [0.4, 0.5) is 5.69 Å². The van der Waals surface area contributed by atoms with E-state index in [1.165, 1.54) is 4.88 Å². The molecule has 0 spiro atoms. The van der Waals surface area contributed by atoms with E-state index in [0.717, 1.165) is 23.5 Å². The Labute approximate surface area is 116 Å². The maximum absolute atomic E-state index is 9.09. The number of anilines is 1. The smallest absolute Gasteiger partial charge is 0.0798 e. The Morgan fingerprint density at radius 1 is 1.44 bits per heavy atom.